The van der Waals surface area contributed by atoms with Gasteiger partial charge in [-0.1, -0.05) is 20.8 Å². The summed E-state index contributed by atoms with van der Waals surface area (Å²) in [5.41, 5.74) is 5.20. The van der Waals surface area contributed by atoms with Gasteiger partial charge in [-0.3, -0.25) is 18.7 Å². The minimum Gasteiger partial charge on any atom is -0.467 e. The molecule has 0 saturated heterocycles. The SMILES string of the molecule is Cn1c(=O)c2c(C(C)(C)C)c(C(=O)NCc3ccco3)c(N)nc2n(C)c1=O. The summed E-state index contributed by atoms with van der Waals surface area (Å²) in [7, 11) is 2.91. The Bertz CT molecular complexity index is 1180. The molecule has 9 heteroatoms. The highest BCUT2D eigenvalue weighted by Gasteiger charge is 2.30. The van der Waals surface area contributed by atoms with Crippen molar-refractivity contribution >= 4 is 22.8 Å². The number of carbonyl (C=O) groups excluding carboxylic acids is 1. The molecule has 28 heavy (non-hydrogen) atoms. The largest absolute Gasteiger partial charge is 0.467 e. The summed E-state index contributed by atoms with van der Waals surface area (Å²) in [6, 6.07) is 3.46. The number of furan rings is 1. The second kappa shape index (κ2) is 6.66. The summed E-state index contributed by atoms with van der Waals surface area (Å²) in [6.07, 6.45) is 1.51. The van der Waals surface area contributed by atoms with E-state index in [9.17, 15) is 14.4 Å². The van der Waals surface area contributed by atoms with Crippen LogP contribution in [0.4, 0.5) is 5.82 Å². The van der Waals surface area contributed by atoms with Crippen molar-refractivity contribution in [1.29, 1.82) is 0 Å². The maximum absolute atomic E-state index is 13.0. The van der Waals surface area contributed by atoms with E-state index in [1.54, 1.807) is 12.1 Å². The fourth-order valence-corrected chi connectivity index (χ4v) is 3.26. The molecule has 3 aromatic rings. The van der Waals surface area contributed by atoms with Crippen molar-refractivity contribution in [2.75, 3.05) is 5.73 Å². The molecule has 9 nitrogen and oxygen atoms in total. The lowest BCUT2D eigenvalue weighted by atomic mass is 9.82. The van der Waals surface area contributed by atoms with E-state index in [1.165, 1.54) is 24.9 Å². The number of carbonyl (C=O) groups is 1. The Morgan fingerprint density at radius 2 is 1.93 bits per heavy atom. The van der Waals surface area contributed by atoms with Crippen LogP contribution in [0.1, 0.15) is 42.5 Å². The minimum absolute atomic E-state index is 0.0439. The van der Waals surface area contributed by atoms with Gasteiger partial charge in [0, 0.05) is 14.1 Å². The fourth-order valence-electron chi connectivity index (χ4n) is 3.26. The third kappa shape index (κ3) is 3.08. The number of rotatable bonds is 3. The van der Waals surface area contributed by atoms with Crippen LogP contribution in [0.25, 0.3) is 11.0 Å². The van der Waals surface area contributed by atoms with Crippen LogP contribution in [0.3, 0.4) is 0 Å². The standard InChI is InChI=1S/C19H23N5O4/c1-19(2,3)13-11(16(25)21-9-10-7-6-8-28-10)14(20)22-15-12(13)17(26)24(5)18(27)23(15)4/h6-8H,9H2,1-5H3,(H2,20,22)(H,21,25). The lowest BCUT2D eigenvalue weighted by Crippen LogP contribution is -2.39. The maximum atomic E-state index is 13.0. The summed E-state index contributed by atoms with van der Waals surface area (Å²) >= 11 is 0. The molecule has 0 aliphatic rings. The Morgan fingerprint density at radius 1 is 1.25 bits per heavy atom. The van der Waals surface area contributed by atoms with E-state index in [0.29, 0.717) is 11.3 Å². The number of fused-ring (bicyclic) bond motifs is 1. The normalized spacial score (nSPS) is 11.8. The van der Waals surface area contributed by atoms with Crippen molar-refractivity contribution in [3.63, 3.8) is 0 Å². The van der Waals surface area contributed by atoms with Crippen LogP contribution in [-0.2, 0) is 26.1 Å². The van der Waals surface area contributed by atoms with Gasteiger partial charge in [-0.25, -0.2) is 9.78 Å². The third-order valence-electron chi connectivity index (χ3n) is 4.60. The van der Waals surface area contributed by atoms with Crippen molar-refractivity contribution < 1.29 is 9.21 Å². The number of nitrogen functional groups attached to an aromatic ring is 1. The van der Waals surface area contributed by atoms with Crippen LogP contribution >= 0.6 is 0 Å². The molecule has 0 aliphatic heterocycles. The smallest absolute Gasteiger partial charge is 0.332 e. The quantitative estimate of drug-likeness (QED) is 0.694. The summed E-state index contributed by atoms with van der Waals surface area (Å²) < 4.78 is 7.49. The number of pyridine rings is 1. The number of nitrogens with two attached hydrogens (primary N) is 1. The monoisotopic (exact) mass is 385 g/mol. The number of anilines is 1. The molecule has 3 rings (SSSR count). The van der Waals surface area contributed by atoms with Gasteiger partial charge in [0.05, 0.1) is 23.8 Å². The predicted molar refractivity (Wildman–Crippen MR) is 105 cm³/mol. The zero-order chi connectivity index (χ0) is 20.8. The number of hydrogen-bond donors (Lipinski definition) is 2. The molecular formula is C19H23N5O4. The molecule has 0 saturated carbocycles. The summed E-state index contributed by atoms with van der Waals surface area (Å²) in [6.45, 7) is 5.78. The summed E-state index contributed by atoms with van der Waals surface area (Å²) in [4.78, 5) is 42.4. The van der Waals surface area contributed by atoms with Gasteiger partial charge in [0.1, 0.15) is 11.6 Å². The number of aromatic nitrogens is 3. The molecule has 3 aromatic heterocycles. The van der Waals surface area contributed by atoms with E-state index < -0.39 is 22.6 Å². The number of nitrogens with zero attached hydrogens (tertiary/aromatic N) is 3. The Balaban J connectivity index is 2.31. The Morgan fingerprint density at radius 3 is 2.50 bits per heavy atom. The van der Waals surface area contributed by atoms with Crippen LogP contribution in [0, 0.1) is 0 Å². The Kier molecular flexibility index (Phi) is 4.62. The molecular weight excluding hydrogens is 362 g/mol. The van der Waals surface area contributed by atoms with Crippen LogP contribution in [0.5, 0.6) is 0 Å². The average molecular weight is 385 g/mol. The fraction of sp³-hybridized carbons (Fsp3) is 0.368. The Hall–Kier alpha value is -3.36. The first-order chi connectivity index (χ1) is 13.0. The molecule has 3 N–H and O–H groups in total. The zero-order valence-electron chi connectivity index (χ0n) is 16.5. The lowest BCUT2D eigenvalue weighted by Gasteiger charge is -2.25. The van der Waals surface area contributed by atoms with E-state index in [2.05, 4.69) is 10.3 Å². The number of nitrogens with one attached hydrogen (secondary N) is 1. The van der Waals surface area contributed by atoms with Crippen LogP contribution in [0.2, 0.25) is 0 Å². The first kappa shape index (κ1) is 19.4. The van der Waals surface area contributed by atoms with Gasteiger partial charge in [-0.05, 0) is 23.1 Å². The molecule has 0 radical (unpaired) electrons. The van der Waals surface area contributed by atoms with Crippen molar-refractivity contribution in [2.24, 2.45) is 14.1 Å². The lowest BCUT2D eigenvalue weighted by molar-refractivity contribution is 0.0946. The highest BCUT2D eigenvalue weighted by Crippen LogP contribution is 2.33. The first-order valence-corrected chi connectivity index (χ1v) is 8.74. The molecule has 0 bridgehead atoms. The molecule has 0 aliphatic carbocycles. The molecule has 0 unspecified atom stereocenters. The predicted octanol–water partition coefficient (Wildman–Crippen LogP) is 1.03. The van der Waals surface area contributed by atoms with Crippen molar-refractivity contribution in [3.8, 4) is 0 Å². The van der Waals surface area contributed by atoms with Gasteiger partial charge < -0.3 is 15.5 Å². The molecule has 0 atom stereocenters. The second-order valence-corrected chi connectivity index (χ2v) is 7.66. The summed E-state index contributed by atoms with van der Waals surface area (Å²) in [5, 5.41) is 2.95. The maximum Gasteiger partial charge on any atom is 0.332 e. The summed E-state index contributed by atoms with van der Waals surface area (Å²) in [5.74, 6) is 0.0676. The van der Waals surface area contributed by atoms with Crippen LogP contribution < -0.4 is 22.3 Å². The topological polar surface area (TPSA) is 125 Å². The molecule has 0 fully saturated rings. The van der Waals surface area contributed by atoms with Gasteiger partial charge in [0.15, 0.2) is 5.65 Å². The number of amides is 1. The van der Waals surface area contributed by atoms with Gasteiger partial charge in [0.25, 0.3) is 11.5 Å². The van der Waals surface area contributed by atoms with E-state index in [-0.39, 0.29) is 29.0 Å². The van der Waals surface area contributed by atoms with Gasteiger partial charge in [-0.2, -0.15) is 0 Å². The number of hydrogen-bond acceptors (Lipinski definition) is 6. The molecule has 1 amide bonds. The van der Waals surface area contributed by atoms with Crippen molar-refractivity contribution in [1.82, 2.24) is 19.4 Å². The first-order valence-electron chi connectivity index (χ1n) is 8.74. The van der Waals surface area contributed by atoms with E-state index in [0.717, 1.165) is 4.57 Å². The third-order valence-corrected chi connectivity index (χ3v) is 4.60. The second-order valence-electron chi connectivity index (χ2n) is 7.66. The molecule has 3 heterocycles. The van der Waals surface area contributed by atoms with Gasteiger partial charge in [0.2, 0.25) is 0 Å². The van der Waals surface area contributed by atoms with E-state index in [1.807, 2.05) is 20.8 Å². The molecule has 0 aromatic carbocycles. The molecule has 148 valence electrons. The Labute approximate surface area is 160 Å². The van der Waals surface area contributed by atoms with E-state index >= 15 is 0 Å². The zero-order valence-corrected chi connectivity index (χ0v) is 16.5. The average Bonchev–Trinajstić information content (AvgIpc) is 3.14. The van der Waals surface area contributed by atoms with Crippen molar-refractivity contribution in [3.05, 3.63) is 56.1 Å². The van der Waals surface area contributed by atoms with Crippen molar-refractivity contribution in [2.45, 2.75) is 32.7 Å². The minimum atomic E-state index is -0.615. The van der Waals surface area contributed by atoms with E-state index in [4.69, 9.17) is 10.2 Å². The number of aryl methyl sites for hydroxylation is 1. The van der Waals surface area contributed by atoms with Gasteiger partial charge >= 0.3 is 5.69 Å². The molecule has 0 spiro atoms. The highest BCUT2D eigenvalue weighted by molar-refractivity contribution is 6.04. The highest BCUT2D eigenvalue weighted by atomic mass is 16.3. The van der Waals surface area contributed by atoms with Crippen LogP contribution in [-0.4, -0.2) is 20.0 Å². The van der Waals surface area contributed by atoms with Gasteiger partial charge in [-0.15, -0.1) is 0 Å². The van der Waals surface area contributed by atoms with Crippen LogP contribution in [0.15, 0.2) is 32.4 Å².